The molecule has 0 N–H and O–H groups in total. The Kier molecular flexibility index (Phi) is 5.61. The average molecular weight is 373 g/mol. The third kappa shape index (κ3) is 3.62. The molecule has 3 heteroatoms. The number of carbonyl (C=O) groups is 1. The Bertz CT molecular complexity index is 979. The van der Waals surface area contributed by atoms with Crippen molar-refractivity contribution in [1.29, 1.82) is 0 Å². The zero-order valence-corrected chi connectivity index (χ0v) is 16.5. The van der Waals surface area contributed by atoms with E-state index in [2.05, 4.69) is 19.1 Å². The maximum absolute atomic E-state index is 13.5. The molecule has 1 amide bonds. The normalized spacial score (nSPS) is 13.4. The van der Waals surface area contributed by atoms with Crippen molar-refractivity contribution < 1.29 is 9.53 Å². The Balaban J connectivity index is 1.67. The van der Waals surface area contributed by atoms with Crippen LogP contribution in [0.25, 0.3) is 10.8 Å². The average Bonchev–Trinajstić information content (AvgIpc) is 2.76. The minimum absolute atomic E-state index is 0.0703. The third-order valence-electron chi connectivity index (χ3n) is 5.48. The van der Waals surface area contributed by atoms with E-state index in [4.69, 9.17) is 4.74 Å². The first-order valence-electron chi connectivity index (χ1n) is 10.3. The van der Waals surface area contributed by atoms with E-state index in [9.17, 15) is 4.79 Å². The van der Waals surface area contributed by atoms with Crippen molar-refractivity contribution in [3.05, 3.63) is 71.8 Å². The van der Waals surface area contributed by atoms with E-state index in [1.54, 1.807) is 0 Å². The summed E-state index contributed by atoms with van der Waals surface area (Å²) in [6.07, 6.45) is 5.43. The molecule has 0 atom stereocenters. The number of hydrogen-bond acceptors (Lipinski definition) is 2. The van der Waals surface area contributed by atoms with Gasteiger partial charge in [-0.2, -0.15) is 0 Å². The van der Waals surface area contributed by atoms with E-state index < -0.39 is 0 Å². The standard InChI is InChI=1S/C25H27NO2/c1-2-3-8-18-28-24-16-15-22(20-12-5-6-13-21(20)24)25(27)26-17-9-11-19-10-4-7-14-23(19)26/h4-7,10,12-16H,2-3,8-9,11,17-18H2,1H3. The molecule has 0 aromatic heterocycles. The largest absolute Gasteiger partial charge is 0.493 e. The van der Waals surface area contributed by atoms with Crippen molar-refractivity contribution in [3.8, 4) is 5.75 Å². The SMILES string of the molecule is CCCCCOc1ccc(C(=O)N2CCCc3ccccc32)c2ccccc12. The zero-order chi connectivity index (χ0) is 19.3. The number of hydrogen-bond donors (Lipinski definition) is 0. The molecule has 0 saturated carbocycles. The lowest BCUT2D eigenvalue weighted by Gasteiger charge is -2.30. The number of benzene rings is 3. The van der Waals surface area contributed by atoms with Gasteiger partial charge in [0.25, 0.3) is 5.91 Å². The lowest BCUT2D eigenvalue weighted by Crippen LogP contribution is -2.35. The molecule has 0 radical (unpaired) electrons. The summed E-state index contributed by atoms with van der Waals surface area (Å²) in [5.41, 5.74) is 3.04. The van der Waals surface area contributed by atoms with Gasteiger partial charge in [0.1, 0.15) is 5.75 Å². The number of fused-ring (bicyclic) bond motifs is 2. The summed E-state index contributed by atoms with van der Waals surface area (Å²) in [7, 11) is 0. The van der Waals surface area contributed by atoms with Crippen LogP contribution >= 0.6 is 0 Å². The van der Waals surface area contributed by atoms with Crippen molar-refractivity contribution in [2.24, 2.45) is 0 Å². The summed E-state index contributed by atoms with van der Waals surface area (Å²) in [6, 6.07) is 20.2. The molecule has 1 heterocycles. The number of rotatable bonds is 6. The number of para-hydroxylation sites is 1. The summed E-state index contributed by atoms with van der Waals surface area (Å²) in [6.45, 7) is 3.67. The number of anilines is 1. The molecule has 0 fully saturated rings. The molecule has 0 spiro atoms. The fourth-order valence-corrected chi connectivity index (χ4v) is 4.01. The van der Waals surface area contributed by atoms with Crippen molar-refractivity contribution in [3.63, 3.8) is 0 Å². The second-order valence-corrected chi connectivity index (χ2v) is 7.40. The van der Waals surface area contributed by atoms with Gasteiger partial charge in [0, 0.05) is 23.2 Å². The molecular formula is C25H27NO2. The minimum atomic E-state index is 0.0703. The first-order valence-corrected chi connectivity index (χ1v) is 10.3. The molecule has 0 bridgehead atoms. The van der Waals surface area contributed by atoms with Crippen LogP contribution in [0.5, 0.6) is 5.75 Å². The van der Waals surface area contributed by atoms with Crippen LogP contribution in [0.1, 0.15) is 48.5 Å². The topological polar surface area (TPSA) is 29.5 Å². The maximum Gasteiger partial charge on any atom is 0.258 e. The van der Waals surface area contributed by atoms with E-state index in [-0.39, 0.29) is 5.91 Å². The van der Waals surface area contributed by atoms with E-state index in [0.717, 1.165) is 53.6 Å². The summed E-state index contributed by atoms with van der Waals surface area (Å²) < 4.78 is 6.03. The van der Waals surface area contributed by atoms with E-state index in [0.29, 0.717) is 6.61 Å². The molecular weight excluding hydrogens is 346 g/mol. The van der Waals surface area contributed by atoms with Gasteiger partial charge in [0.2, 0.25) is 0 Å². The summed E-state index contributed by atoms with van der Waals surface area (Å²) in [5, 5.41) is 1.97. The highest BCUT2D eigenvalue weighted by Gasteiger charge is 2.25. The molecule has 4 rings (SSSR count). The molecule has 0 aliphatic carbocycles. The van der Waals surface area contributed by atoms with Crippen LogP contribution in [0.2, 0.25) is 0 Å². The van der Waals surface area contributed by atoms with Gasteiger partial charge in [-0.05, 0) is 48.4 Å². The highest BCUT2D eigenvalue weighted by molar-refractivity contribution is 6.15. The Hall–Kier alpha value is -2.81. The number of ether oxygens (including phenoxy) is 1. The molecule has 0 saturated heterocycles. The van der Waals surface area contributed by atoms with E-state index in [1.165, 1.54) is 18.4 Å². The lowest BCUT2D eigenvalue weighted by molar-refractivity contribution is 0.0986. The molecule has 144 valence electrons. The number of aryl methyl sites for hydroxylation is 1. The third-order valence-corrected chi connectivity index (χ3v) is 5.48. The van der Waals surface area contributed by atoms with Crippen LogP contribution in [-0.4, -0.2) is 19.1 Å². The molecule has 1 aliphatic rings. The van der Waals surface area contributed by atoms with Gasteiger partial charge >= 0.3 is 0 Å². The quantitative estimate of drug-likeness (QED) is 0.496. The predicted molar refractivity (Wildman–Crippen MR) is 115 cm³/mol. The smallest absolute Gasteiger partial charge is 0.258 e. The Morgan fingerprint density at radius 3 is 2.61 bits per heavy atom. The Morgan fingerprint density at radius 2 is 1.75 bits per heavy atom. The van der Waals surface area contributed by atoms with Crippen LogP contribution in [0.3, 0.4) is 0 Å². The van der Waals surface area contributed by atoms with E-state index in [1.807, 2.05) is 53.4 Å². The van der Waals surface area contributed by atoms with Gasteiger partial charge in [-0.3, -0.25) is 4.79 Å². The van der Waals surface area contributed by atoms with Gasteiger partial charge in [0.15, 0.2) is 0 Å². The first kappa shape index (κ1) is 18.5. The highest BCUT2D eigenvalue weighted by Crippen LogP contribution is 2.33. The van der Waals surface area contributed by atoms with Crippen molar-refractivity contribution in [2.45, 2.75) is 39.0 Å². The van der Waals surface area contributed by atoms with Crippen molar-refractivity contribution in [2.75, 3.05) is 18.1 Å². The summed E-state index contributed by atoms with van der Waals surface area (Å²) >= 11 is 0. The number of carbonyl (C=O) groups excluding carboxylic acids is 1. The number of unbranched alkanes of at least 4 members (excludes halogenated alkanes) is 2. The second kappa shape index (κ2) is 8.47. The molecule has 1 aliphatic heterocycles. The number of nitrogens with zero attached hydrogens (tertiary/aromatic N) is 1. The Morgan fingerprint density at radius 1 is 0.964 bits per heavy atom. The fraction of sp³-hybridized carbons (Fsp3) is 0.320. The number of amides is 1. The second-order valence-electron chi connectivity index (χ2n) is 7.40. The van der Waals surface area contributed by atoms with Gasteiger partial charge in [-0.15, -0.1) is 0 Å². The van der Waals surface area contributed by atoms with Crippen LogP contribution < -0.4 is 9.64 Å². The first-order chi connectivity index (χ1) is 13.8. The van der Waals surface area contributed by atoms with Gasteiger partial charge in [-0.1, -0.05) is 62.2 Å². The van der Waals surface area contributed by atoms with Crippen LogP contribution in [0.4, 0.5) is 5.69 Å². The van der Waals surface area contributed by atoms with Gasteiger partial charge in [-0.25, -0.2) is 0 Å². The van der Waals surface area contributed by atoms with Crippen molar-refractivity contribution in [1.82, 2.24) is 0 Å². The fourth-order valence-electron chi connectivity index (χ4n) is 4.01. The van der Waals surface area contributed by atoms with Crippen LogP contribution in [-0.2, 0) is 6.42 Å². The van der Waals surface area contributed by atoms with Crippen LogP contribution in [0.15, 0.2) is 60.7 Å². The van der Waals surface area contributed by atoms with Gasteiger partial charge in [0.05, 0.1) is 6.61 Å². The van der Waals surface area contributed by atoms with Gasteiger partial charge < -0.3 is 9.64 Å². The van der Waals surface area contributed by atoms with Crippen molar-refractivity contribution >= 4 is 22.4 Å². The minimum Gasteiger partial charge on any atom is -0.493 e. The molecule has 28 heavy (non-hydrogen) atoms. The monoisotopic (exact) mass is 373 g/mol. The molecule has 3 nitrogen and oxygen atoms in total. The molecule has 0 unspecified atom stereocenters. The zero-order valence-electron chi connectivity index (χ0n) is 16.5. The summed E-state index contributed by atoms with van der Waals surface area (Å²) in [5.74, 6) is 0.934. The summed E-state index contributed by atoms with van der Waals surface area (Å²) in [4.78, 5) is 15.4. The Labute approximate surface area is 166 Å². The maximum atomic E-state index is 13.5. The lowest BCUT2D eigenvalue weighted by atomic mass is 9.98. The highest BCUT2D eigenvalue weighted by atomic mass is 16.5. The predicted octanol–water partition coefficient (Wildman–Crippen LogP) is 6.00. The molecule has 3 aromatic carbocycles. The van der Waals surface area contributed by atoms with Crippen LogP contribution in [0, 0.1) is 0 Å². The van der Waals surface area contributed by atoms with E-state index >= 15 is 0 Å². The molecule has 3 aromatic rings.